The van der Waals surface area contributed by atoms with E-state index < -0.39 is 16.1 Å². The van der Waals surface area contributed by atoms with Gasteiger partial charge in [0.2, 0.25) is 0 Å². The monoisotopic (exact) mass is 366 g/mol. The van der Waals surface area contributed by atoms with Crippen molar-refractivity contribution in [2.75, 3.05) is 13.4 Å². The average Bonchev–Trinajstić information content (AvgIpc) is 2.54. The number of hydrogen-bond acceptors (Lipinski definition) is 6. The molecule has 0 heterocycles. The van der Waals surface area contributed by atoms with E-state index in [1.807, 2.05) is 6.07 Å². The maximum Gasteiger partial charge on any atom is 0.343 e. The quantitative estimate of drug-likeness (QED) is 0.246. The van der Waals surface area contributed by atoms with Crippen molar-refractivity contribution in [1.29, 1.82) is 5.41 Å². The molecule has 0 aromatic heterocycles. The molecule has 0 saturated heterocycles. The summed E-state index contributed by atoms with van der Waals surface area (Å²) in [4.78, 5) is 12.0. The molecule has 0 saturated carbocycles. The number of methoxy groups -OCH3 is 1. The molecule has 0 atom stereocenters. The first-order chi connectivity index (χ1) is 11.6. The second kappa shape index (κ2) is 8.81. The van der Waals surface area contributed by atoms with Crippen LogP contribution in [0, 0.1) is 5.41 Å². The summed E-state index contributed by atoms with van der Waals surface area (Å²) < 4.78 is 36.3. The molecule has 8 nitrogen and oxygen atoms in total. The van der Waals surface area contributed by atoms with Gasteiger partial charge in [-0.15, -0.1) is 0 Å². The Hall–Kier alpha value is -2.91. The molecule has 25 heavy (non-hydrogen) atoms. The van der Waals surface area contributed by atoms with Crippen LogP contribution in [0.1, 0.15) is 15.9 Å². The summed E-state index contributed by atoms with van der Waals surface area (Å²) in [5.41, 5.74) is 6.35. The fourth-order valence-electron chi connectivity index (χ4n) is 1.65. The standard InChI is InChI=1S/C15H14N2O3.CH4O3S/c1-19-13-9-11(14(16)17)7-8-12(13)20-15(18)10-5-3-2-4-6-10;1-5(2,3)4/h2-9H,1H3,(H3,16,17);1H3,(H,2,3,4). The van der Waals surface area contributed by atoms with Crippen molar-refractivity contribution in [2.45, 2.75) is 0 Å². The molecule has 2 rings (SSSR count). The summed E-state index contributed by atoms with van der Waals surface area (Å²) in [5, 5.41) is 7.37. The highest BCUT2D eigenvalue weighted by atomic mass is 32.2. The highest BCUT2D eigenvalue weighted by Crippen LogP contribution is 2.28. The number of nitrogens with two attached hydrogens (primary N) is 1. The van der Waals surface area contributed by atoms with Crippen molar-refractivity contribution in [2.24, 2.45) is 5.73 Å². The Morgan fingerprint density at radius 3 is 2.12 bits per heavy atom. The summed E-state index contributed by atoms with van der Waals surface area (Å²) in [5.74, 6) is 0.0806. The maximum atomic E-state index is 12.0. The average molecular weight is 366 g/mol. The lowest BCUT2D eigenvalue weighted by molar-refractivity contribution is 0.0729. The number of nitrogens with one attached hydrogen (secondary N) is 1. The first-order valence-electron chi connectivity index (χ1n) is 6.84. The Morgan fingerprint density at radius 1 is 1.08 bits per heavy atom. The van der Waals surface area contributed by atoms with Crippen LogP contribution < -0.4 is 15.2 Å². The molecule has 0 aliphatic heterocycles. The number of benzene rings is 2. The Kier molecular flexibility index (Phi) is 7.09. The first-order valence-corrected chi connectivity index (χ1v) is 8.68. The maximum absolute atomic E-state index is 12.0. The minimum Gasteiger partial charge on any atom is -0.493 e. The number of carbonyl (C=O) groups is 1. The SMILES string of the molecule is COc1cc(C(=N)N)ccc1OC(=O)c1ccccc1.CS(=O)(=O)O. The van der Waals surface area contributed by atoms with Crippen LogP contribution in [-0.4, -0.2) is 38.1 Å². The van der Waals surface area contributed by atoms with Crippen LogP contribution in [0.2, 0.25) is 0 Å². The summed E-state index contributed by atoms with van der Waals surface area (Å²) in [6, 6.07) is 13.4. The van der Waals surface area contributed by atoms with Crippen LogP contribution >= 0.6 is 0 Å². The Balaban J connectivity index is 0.000000550. The van der Waals surface area contributed by atoms with Crippen LogP contribution in [0.15, 0.2) is 48.5 Å². The third kappa shape index (κ3) is 7.46. The lowest BCUT2D eigenvalue weighted by atomic mass is 10.2. The second-order valence-electron chi connectivity index (χ2n) is 4.77. The lowest BCUT2D eigenvalue weighted by Crippen LogP contribution is -2.12. The molecule has 0 aliphatic rings. The van der Waals surface area contributed by atoms with Crippen molar-refractivity contribution in [1.82, 2.24) is 0 Å². The molecule has 2 aromatic rings. The van der Waals surface area contributed by atoms with E-state index in [0.29, 0.717) is 23.1 Å². The second-order valence-corrected chi connectivity index (χ2v) is 6.23. The zero-order chi connectivity index (χ0) is 19.0. The van der Waals surface area contributed by atoms with Gasteiger partial charge in [0.1, 0.15) is 5.84 Å². The lowest BCUT2D eigenvalue weighted by Gasteiger charge is -2.10. The zero-order valence-corrected chi connectivity index (χ0v) is 14.4. The Labute approximate surface area is 145 Å². The number of esters is 1. The van der Waals surface area contributed by atoms with Gasteiger partial charge in [0.25, 0.3) is 10.1 Å². The van der Waals surface area contributed by atoms with Gasteiger partial charge < -0.3 is 15.2 Å². The molecule has 2 aromatic carbocycles. The van der Waals surface area contributed by atoms with Crippen LogP contribution in [0.4, 0.5) is 0 Å². The van der Waals surface area contributed by atoms with Crippen molar-refractivity contribution in [3.63, 3.8) is 0 Å². The fraction of sp³-hybridized carbons (Fsp3) is 0.125. The highest BCUT2D eigenvalue weighted by Gasteiger charge is 2.13. The number of carbonyl (C=O) groups excluding carboxylic acids is 1. The Bertz CT molecular complexity index is 842. The molecule has 0 spiro atoms. The number of ether oxygens (including phenoxy) is 2. The number of rotatable bonds is 4. The molecule has 0 aliphatic carbocycles. The summed E-state index contributed by atoms with van der Waals surface area (Å²) >= 11 is 0. The number of hydrogen-bond donors (Lipinski definition) is 3. The zero-order valence-electron chi connectivity index (χ0n) is 13.6. The minimum atomic E-state index is -3.67. The van der Waals surface area contributed by atoms with E-state index >= 15 is 0 Å². The van der Waals surface area contributed by atoms with E-state index in [1.54, 1.807) is 42.5 Å². The van der Waals surface area contributed by atoms with E-state index in [2.05, 4.69) is 0 Å². The van der Waals surface area contributed by atoms with Crippen molar-refractivity contribution in [3.8, 4) is 11.5 Å². The van der Waals surface area contributed by atoms with Gasteiger partial charge in [-0.3, -0.25) is 9.96 Å². The smallest absolute Gasteiger partial charge is 0.343 e. The van der Waals surface area contributed by atoms with E-state index in [0.717, 1.165) is 0 Å². The normalized spacial score (nSPS) is 10.2. The molecule has 0 unspecified atom stereocenters. The van der Waals surface area contributed by atoms with Gasteiger partial charge >= 0.3 is 5.97 Å². The molecule has 0 fully saturated rings. The third-order valence-electron chi connectivity index (χ3n) is 2.69. The summed E-state index contributed by atoms with van der Waals surface area (Å²) in [6.07, 6.45) is 0.715. The van der Waals surface area contributed by atoms with Crippen molar-refractivity contribution < 1.29 is 27.2 Å². The van der Waals surface area contributed by atoms with Gasteiger partial charge in [-0.05, 0) is 30.3 Å². The van der Waals surface area contributed by atoms with Crippen molar-refractivity contribution >= 4 is 21.9 Å². The minimum absolute atomic E-state index is 0.0794. The molecular formula is C16H18N2O6S. The molecule has 134 valence electrons. The van der Waals surface area contributed by atoms with E-state index in [-0.39, 0.29) is 11.6 Å². The molecule has 0 bridgehead atoms. The van der Waals surface area contributed by atoms with Crippen LogP contribution in [0.25, 0.3) is 0 Å². The molecule has 0 amide bonds. The van der Waals surface area contributed by atoms with Crippen LogP contribution in [-0.2, 0) is 10.1 Å². The van der Waals surface area contributed by atoms with Gasteiger partial charge in [-0.25, -0.2) is 4.79 Å². The van der Waals surface area contributed by atoms with E-state index in [4.69, 9.17) is 25.2 Å². The van der Waals surface area contributed by atoms with Gasteiger partial charge in [0, 0.05) is 5.56 Å². The topological polar surface area (TPSA) is 140 Å². The van der Waals surface area contributed by atoms with Gasteiger partial charge in [0.15, 0.2) is 11.5 Å². The highest BCUT2D eigenvalue weighted by molar-refractivity contribution is 7.85. The summed E-state index contributed by atoms with van der Waals surface area (Å²) in [6.45, 7) is 0. The first kappa shape index (κ1) is 20.1. The third-order valence-corrected chi connectivity index (χ3v) is 2.69. The van der Waals surface area contributed by atoms with Crippen LogP contribution in [0.5, 0.6) is 11.5 Å². The summed E-state index contributed by atoms with van der Waals surface area (Å²) in [7, 11) is -2.21. The molecule has 9 heteroatoms. The number of nitrogen functional groups attached to an aromatic ring is 1. The predicted molar refractivity (Wildman–Crippen MR) is 92.9 cm³/mol. The van der Waals surface area contributed by atoms with E-state index in [1.165, 1.54) is 7.11 Å². The van der Waals surface area contributed by atoms with Crippen LogP contribution in [0.3, 0.4) is 0 Å². The molecule has 4 N–H and O–H groups in total. The van der Waals surface area contributed by atoms with Gasteiger partial charge in [0.05, 0.1) is 18.9 Å². The fourth-order valence-corrected chi connectivity index (χ4v) is 1.65. The molecule has 0 radical (unpaired) electrons. The molecular weight excluding hydrogens is 348 g/mol. The number of amidine groups is 1. The van der Waals surface area contributed by atoms with Gasteiger partial charge in [-0.2, -0.15) is 8.42 Å². The predicted octanol–water partition coefficient (Wildman–Crippen LogP) is 1.70. The largest absolute Gasteiger partial charge is 0.493 e. The van der Waals surface area contributed by atoms with Crippen molar-refractivity contribution in [3.05, 3.63) is 59.7 Å². The Morgan fingerprint density at radius 2 is 1.64 bits per heavy atom. The van der Waals surface area contributed by atoms with E-state index in [9.17, 15) is 13.2 Å². The van der Waals surface area contributed by atoms with Gasteiger partial charge in [-0.1, -0.05) is 18.2 Å².